The highest BCUT2D eigenvalue weighted by Crippen LogP contribution is 2.15. The van der Waals surface area contributed by atoms with Crippen molar-refractivity contribution in [1.82, 2.24) is 0 Å². The van der Waals surface area contributed by atoms with Crippen molar-refractivity contribution in [3.05, 3.63) is 29.3 Å². The Bertz CT molecular complexity index is 443. The van der Waals surface area contributed by atoms with Crippen LogP contribution in [0.2, 0.25) is 0 Å². The van der Waals surface area contributed by atoms with Crippen molar-refractivity contribution in [2.24, 2.45) is 5.73 Å². The molecule has 0 saturated carbocycles. The van der Waals surface area contributed by atoms with Crippen LogP contribution >= 0.6 is 0 Å². The second kappa shape index (κ2) is 5.45. The highest BCUT2D eigenvalue weighted by Gasteiger charge is 2.12. The molecule has 0 radical (unpaired) electrons. The van der Waals surface area contributed by atoms with E-state index in [0.29, 0.717) is 17.7 Å². The average molecular weight is 236 g/mol. The first-order valence-corrected chi connectivity index (χ1v) is 5.36. The fourth-order valence-electron chi connectivity index (χ4n) is 1.40. The van der Waals surface area contributed by atoms with E-state index in [4.69, 9.17) is 10.8 Å². The quantitative estimate of drug-likeness (QED) is 0.736. The number of anilines is 1. The van der Waals surface area contributed by atoms with E-state index in [0.717, 1.165) is 0 Å². The van der Waals surface area contributed by atoms with Gasteiger partial charge in [0.1, 0.15) is 0 Å². The third-order valence-electron chi connectivity index (χ3n) is 2.50. The van der Waals surface area contributed by atoms with E-state index in [1.165, 1.54) is 6.07 Å². The lowest BCUT2D eigenvalue weighted by Gasteiger charge is -2.11. The number of hydrogen-bond donors (Lipinski definition) is 3. The zero-order valence-electron chi connectivity index (χ0n) is 9.86. The van der Waals surface area contributed by atoms with Gasteiger partial charge in [0, 0.05) is 5.69 Å². The lowest BCUT2D eigenvalue weighted by Crippen LogP contribution is -2.34. The number of carboxylic acids is 1. The molecule has 1 aromatic carbocycles. The second-order valence-electron chi connectivity index (χ2n) is 3.84. The van der Waals surface area contributed by atoms with Crippen LogP contribution in [0.5, 0.6) is 0 Å². The van der Waals surface area contributed by atoms with Crippen molar-refractivity contribution in [2.45, 2.75) is 26.3 Å². The number of rotatable bonds is 4. The van der Waals surface area contributed by atoms with Crippen molar-refractivity contribution in [2.75, 3.05) is 5.32 Å². The molecule has 1 aromatic rings. The SMILES string of the molecule is CCC(N)C(=O)Nc1ccc(C(=O)O)c(C)c1. The van der Waals surface area contributed by atoms with E-state index in [-0.39, 0.29) is 11.5 Å². The Morgan fingerprint density at radius 3 is 2.59 bits per heavy atom. The monoisotopic (exact) mass is 236 g/mol. The predicted molar refractivity (Wildman–Crippen MR) is 65.0 cm³/mol. The summed E-state index contributed by atoms with van der Waals surface area (Å²) in [5.74, 6) is -1.25. The molecular formula is C12H16N2O3. The molecule has 0 aromatic heterocycles. The topological polar surface area (TPSA) is 92.4 Å². The summed E-state index contributed by atoms with van der Waals surface area (Å²) in [7, 11) is 0. The second-order valence-corrected chi connectivity index (χ2v) is 3.84. The van der Waals surface area contributed by atoms with Gasteiger partial charge >= 0.3 is 5.97 Å². The van der Waals surface area contributed by atoms with E-state index in [1.807, 2.05) is 6.92 Å². The van der Waals surface area contributed by atoms with E-state index < -0.39 is 12.0 Å². The molecule has 1 atom stereocenters. The third kappa shape index (κ3) is 3.29. The third-order valence-corrected chi connectivity index (χ3v) is 2.50. The molecule has 0 saturated heterocycles. The lowest BCUT2D eigenvalue weighted by atomic mass is 10.1. The Hall–Kier alpha value is -1.88. The Kier molecular flexibility index (Phi) is 4.23. The van der Waals surface area contributed by atoms with E-state index in [1.54, 1.807) is 19.1 Å². The summed E-state index contributed by atoms with van der Waals surface area (Å²) < 4.78 is 0. The molecule has 1 rings (SSSR count). The maximum absolute atomic E-state index is 11.5. The number of carboxylic acid groups (broad SMARTS) is 1. The van der Waals surface area contributed by atoms with Crippen LogP contribution in [0, 0.1) is 6.92 Å². The van der Waals surface area contributed by atoms with Crippen LogP contribution in [-0.4, -0.2) is 23.0 Å². The maximum atomic E-state index is 11.5. The molecule has 5 nitrogen and oxygen atoms in total. The molecule has 0 aliphatic heterocycles. The fraction of sp³-hybridized carbons (Fsp3) is 0.333. The van der Waals surface area contributed by atoms with Gasteiger partial charge in [0.05, 0.1) is 11.6 Å². The van der Waals surface area contributed by atoms with E-state index in [2.05, 4.69) is 5.32 Å². The molecule has 0 spiro atoms. The first-order chi connectivity index (χ1) is 7.95. The van der Waals surface area contributed by atoms with E-state index in [9.17, 15) is 9.59 Å². The molecule has 17 heavy (non-hydrogen) atoms. The van der Waals surface area contributed by atoms with E-state index >= 15 is 0 Å². The van der Waals surface area contributed by atoms with Crippen LogP contribution in [0.25, 0.3) is 0 Å². The minimum atomic E-state index is -0.981. The normalized spacial score (nSPS) is 11.9. The molecule has 1 unspecified atom stereocenters. The summed E-state index contributed by atoms with van der Waals surface area (Å²) in [6.07, 6.45) is 0.554. The zero-order valence-corrected chi connectivity index (χ0v) is 9.86. The number of amides is 1. The highest BCUT2D eigenvalue weighted by atomic mass is 16.4. The van der Waals surface area contributed by atoms with Gasteiger partial charge in [-0.05, 0) is 37.1 Å². The summed E-state index contributed by atoms with van der Waals surface area (Å²) in [4.78, 5) is 22.3. The number of carbonyl (C=O) groups excluding carboxylic acids is 1. The van der Waals surface area contributed by atoms with Gasteiger partial charge in [-0.2, -0.15) is 0 Å². The summed E-state index contributed by atoms with van der Waals surface area (Å²) in [6.45, 7) is 3.50. The molecule has 5 heteroatoms. The number of aromatic carboxylic acids is 1. The molecule has 0 heterocycles. The maximum Gasteiger partial charge on any atom is 0.335 e. The number of benzene rings is 1. The molecule has 0 fully saturated rings. The molecule has 92 valence electrons. The van der Waals surface area contributed by atoms with Crippen LogP contribution in [0.15, 0.2) is 18.2 Å². The van der Waals surface area contributed by atoms with Gasteiger partial charge in [-0.25, -0.2) is 4.79 Å². The van der Waals surface area contributed by atoms with Gasteiger partial charge in [-0.1, -0.05) is 6.92 Å². The Morgan fingerprint density at radius 2 is 2.12 bits per heavy atom. The number of hydrogen-bond acceptors (Lipinski definition) is 3. The highest BCUT2D eigenvalue weighted by molar-refractivity contribution is 5.96. The van der Waals surface area contributed by atoms with Crippen LogP contribution in [0.1, 0.15) is 29.3 Å². The first-order valence-electron chi connectivity index (χ1n) is 5.36. The average Bonchev–Trinajstić information content (AvgIpc) is 2.27. The van der Waals surface area contributed by atoms with Crippen LogP contribution in [-0.2, 0) is 4.79 Å². The summed E-state index contributed by atoms with van der Waals surface area (Å²) >= 11 is 0. The van der Waals surface area contributed by atoms with Crippen molar-refractivity contribution in [1.29, 1.82) is 0 Å². The van der Waals surface area contributed by atoms with Gasteiger partial charge in [0.25, 0.3) is 0 Å². The van der Waals surface area contributed by atoms with Crippen molar-refractivity contribution in [3.63, 3.8) is 0 Å². The smallest absolute Gasteiger partial charge is 0.335 e. The molecule has 0 aliphatic rings. The van der Waals surface area contributed by atoms with Gasteiger partial charge < -0.3 is 16.2 Å². The Balaban J connectivity index is 2.84. The summed E-state index contributed by atoms with van der Waals surface area (Å²) in [5, 5.41) is 11.5. The Labute approximate surface area is 99.6 Å². The number of nitrogens with two attached hydrogens (primary N) is 1. The lowest BCUT2D eigenvalue weighted by molar-refractivity contribution is -0.117. The van der Waals surface area contributed by atoms with Crippen molar-refractivity contribution >= 4 is 17.6 Å². The predicted octanol–water partition coefficient (Wildman–Crippen LogP) is 1.37. The molecule has 0 aliphatic carbocycles. The summed E-state index contributed by atoms with van der Waals surface area (Å²) in [5.41, 5.74) is 6.95. The fourth-order valence-corrected chi connectivity index (χ4v) is 1.40. The number of carbonyl (C=O) groups is 2. The first kappa shape index (κ1) is 13.2. The van der Waals surface area contributed by atoms with Crippen molar-refractivity contribution < 1.29 is 14.7 Å². The van der Waals surface area contributed by atoms with Crippen LogP contribution in [0.3, 0.4) is 0 Å². The van der Waals surface area contributed by atoms with Gasteiger partial charge in [0.2, 0.25) is 5.91 Å². The number of nitrogens with one attached hydrogen (secondary N) is 1. The molecule has 0 bridgehead atoms. The molecule has 4 N–H and O–H groups in total. The van der Waals surface area contributed by atoms with Gasteiger partial charge in [0.15, 0.2) is 0 Å². The minimum absolute atomic E-state index is 0.225. The van der Waals surface area contributed by atoms with Crippen molar-refractivity contribution in [3.8, 4) is 0 Å². The summed E-state index contributed by atoms with van der Waals surface area (Å²) in [6, 6.07) is 4.08. The standard InChI is InChI=1S/C12H16N2O3/c1-3-10(13)11(15)14-8-4-5-9(12(16)17)7(2)6-8/h4-6,10H,3,13H2,1-2H3,(H,14,15)(H,16,17). The van der Waals surface area contributed by atoms with Gasteiger partial charge in [-0.15, -0.1) is 0 Å². The van der Waals surface area contributed by atoms with Crippen LogP contribution < -0.4 is 11.1 Å². The molecular weight excluding hydrogens is 220 g/mol. The zero-order chi connectivity index (χ0) is 13.0. The van der Waals surface area contributed by atoms with Gasteiger partial charge in [-0.3, -0.25) is 4.79 Å². The van der Waals surface area contributed by atoms with Crippen LogP contribution in [0.4, 0.5) is 5.69 Å². The Morgan fingerprint density at radius 1 is 1.47 bits per heavy atom. The largest absolute Gasteiger partial charge is 0.478 e. The minimum Gasteiger partial charge on any atom is -0.478 e. The molecule has 1 amide bonds. The number of aryl methyl sites for hydroxylation is 1.